The molecule has 1 aliphatic heterocycles. The van der Waals surface area contributed by atoms with Crippen LogP contribution in [0.3, 0.4) is 0 Å². The molecule has 0 saturated carbocycles. The van der Waals surface area contributed by atoms with Gasteiger partial charge in [-0.2, -0.15) is 5.26 Å². The van der Waals surface area contributed by atoms with E-state index in [4.69, 9.17) is 0 Å². The van der Waals surface area contributed by atoms with Crippen LogP contribution in [0.5, 0.6) is 0 Å². The van der Waals surface area contributed by atoms with Crippen molar-refractivity contribution in [3.05, 3.63) is 71.3 Å². The summed E-state index contributed by atoms with van der Waals surface area (Å²) in [6.45, 7) is 1.79. The Labute approximate surface area is 113 Å². The molecule has 0 N–H and O–H groups in total. The van der Waals surface area contributed by atoms with Crippen molar-refractivity contribution >= 4 is 0 Å². The molecule has 2 heteroatoms. The molecule has 0 bridgehead atoms. The minimum atomic E-state index is -0.120. The summed E-state index contributed by atoms with van der Waals surface area (Å²) in [5.74, 6) is 0. The molecule has 0 amide bonds. The summed E-state index contributed by atoms with van der Waals surface area (Å²) in [6, 6.07) is 21.0. The van der Waals surface area contributed by atoms with E-state index in [1.165, 1.54) is 16.7 Å². The monoisotopic (exact) mass is 248 g/mol. The molecule has 0 aromatic heterocycles. The molecule has 1 unspecified atom stereocenters. The van der Waals surface area contributed by atoms with Gasteiger partial charge in [0, 0.05) is 13.1 Å². The Morgan fingerprint density at radius 1 is 1.05 bits per heavy atom. The van der Waals surface area contributed by atoms with Crippen molar-refractivity contribution in [1.82, 2.24) is 4.90 Å². The minimum Gasteiger partial charge on any atom is -0.280 e. The first kappa shape index (κ1) is 12.0. The Morgan fingerprint density at radius 3 is 2.58 bits per heavy atom. The van der Waals surface area contributed by atoms with Gasteiger partial charge >= 0.3 is 0 Å². The molecular weight excluding hydrogens is 232 g/mol. The molecule has 2 nitrogen and oxygen atoms in total. The predicted molar refractivity (Wildman–Crippen MR) is 75.4 cm³/mol. The van der Waals surface area contributed by atoms with E-state index in [0.717, 1.165) is 19.5 Å². The smallest absolute Gasteiger partial charge is 0.124 e. The van der Waals surface area contributed by atoms with E-state index in [1.807, 2.05) is 12.1 Å². The van der Waals surface area contributed by atoms with Crippen molar-refractivity contribution in [2.45, 2.75) is 19.0 Å². The van der Waals surface area contributed by atoms with Gasteiger partial charge in [-0.15, -0.1) is 0 Å². The third-order valence-corrected chi connectivity index (χ3v) is 3.73. The molecule has 1 atom stereocenters. The van der Waals surface area contributed by atoms with Gasteiger partial charge in [0.2, 0.25) is 0 Å². The zero-order valence-corrected chi connectivity index (χ0v) is 10.8. The molecule has 0 saturated heterocycles. The van der Waals surface area contributed by atoms with Crippen LogP contribution in [0, 0.1) is 11.3 Å². The Balaban J connectivity index is 1.87. The maximum absolute atomic E-state index is 9.49. The van der Waals surface area contributed by atoms with Crippen LogP contribution >= 0.6 is 0 Å². The maximum Gasteiger partial charge on any atom is 0.124 e. The lowest BCUT2D eigenvalue weighted by Gasteiger charge is -2.33. The highest BCUT2D eigenvalue weighted by molar-refractivity contribution is 5.36. The molecule has 0 fully saturated rings. The van der Waals surface area contributed by atoms with E-state index < -0.39 is 0 Å². The van der Waals surface area contributed by atoms with E-state index in [-0.39, 0.29) is 6.04 Å². The number of nitrogens with zero attached hydrogens (tertiary/aromatic N) is 2. The first-order valence-corrected chi connectivity index (χ1v) is 6.64. The average molecular weight is 248 g/mol. The Kier molecular flexibility index (Phi) is 3.31. The normalized spacial score (nSPS) is 18.6. The van der Waals surface area contributed by atoms with Gasteiger partial charge in [-0.25, -0.2) is 0 Å². The van der Waals surface area contributed by atoms with Crippen LogP contribution in [-0.2, 0) is 13.0 Å². The van der Waals surface area contributed by atoms with E-state index in [2.05, 4.69) is 53.4 Å². The Bertz CT molecular complexity index is 598. The molecule has 2 aromatic carbocycles. The number of hydrogen-bond acceptors (Lipinski definition) is 2. The van der Waals surface area contributed by atoms with Gasteiger partial charge in [0.15, 0.2) is 0 Å². The van der Waals surface area contributed by atoms with Gasteiger partial charge < -0.3 is 0 Å². The average Bonchev–Trinajstić information content (AvgIpc) is 2.48. The van der Waals surface area contributed by atoms with Gasteiger partial charge in [0.25, 0.3) is 0 Å². The Hall–Kier alpha value is -2.11. The maximum atomic E-state index is 9.49. The highest BCUT2D eigenvalue weighted by Gasteiger charge is 2.26. The standard InChI is InChI=1S/C17H16N2/c18-12-17-16-9-5-4-8-15(16)10-11-19(17)13-14-6-2-1-3-7-14/h1-9,17H,10-11,13H2. The summed E-state index contributed by atoms with van der Waals surface area (Å²) in [5.41, 5.74) is 3.76. The highest BCUT2D eigenvalue weighted by atomic mass is 15.2. The first-order valence-electron chi connectivity index (χ1n) is 6.64. The zero-order chi connectivity index (χ0) is 13.1. The molecule has 94 valence electrons. The number of benzene rings is 2. The molecule has 1 aliphatic rings. The zero-order valence-electron chi connectivity index (χ0n) is 10.8. The lowest BCUT2D eigenvalue weighted by Crippen LogP contribution is -2.34. The third-order valence-electron chi connectivity index (χ3n) is 3.73. The molecule has 1 heterocycles. The van der Waals surface area contributed by atoms with Crippen LogP contribution in [0.2, 0.25) is 0 Å². The summed E-state index contributed by atoms with van der Waals surface area (Å²) in [5, 5.41) is 9.49. The summed E-state index contributed by atoms with van der Waals surface area (Å²) >= 11 is 0. The lowest BCUT2D eigenvalue weighted by atomic mass is 9.93. The minimum absolute atomic E-state index is 0.120. The largest absolute Gasteiger partial charge is 0.280 e. The molecule has 2 aromatic rings. The van der Waals surface area contributed by atoms with Crippen molar-refractivity contribution in [3.63, 3.8) is 0 Å². The van der Waals surface area contributed by atoms with E-state index in [1.54, 1.807) is 0 Å². The fourth-order valence-electron chi connectivity index (χ4n) is 2.76. The van der Waals surface area contributed by atoms with Gasteiger partial charge in [-0.1, -0.05) is 54.6 Å². The summed E-state index contributed by atoms with van der Waals surface area (Å²) in [6.07, 6.45) is 1.03. The van der Waals surface area contributed by atoms with Crippen LogP contribution in [0.1, 0.15) is 22.7 Å². The van der Waals surface area contributed by atoms with Crippen LogP contribution < -0.4 is 0 Å². The number of rotatable bonds is 2. The molecule has 19 heavy (non-hydrogen) atoms. The third kappa shape index (κ3) is 2.38. The quantitative estimate of drug-likeness (QED) is 0.815. The van der Waals surface area contributed by atoms with Crippen molar-refractivity contribution in [2.24, 2.45) is 0 Å². The Morgan fingerprint density at radius 2 is 1.79 bits per heavy atom. The summed E-state index contributed by atoms with van der Waals surface area (Å²) < 4.78 is 0. The molecule has 3 rings (SSSR count). The van der Waals surface area contributed by atoms with Crippen LogP contribution in [0.25, 0.3) is 0 Å². The molecule has 0 aliphatic carbocycles. The number of nitriles is 1. The first-order chi connectivity index (χ1) is 9.38. The van der Waals surface area contributed by atoms with Crippen LogP contribution in [0.4, 0.5) is 0 Å². The second kappa shape index (κ2) is 5.26. The topological polar surface area (TPSA) is 27.0 Å². The second-order valence-corrected chi connectivity index (χ2v) is 4.94. The van der Waals surface area contributed by atoms with Gasteiger partial charge in [-0.05, 0) is 23.1 Å². The molecular formula is C17H16N2. The van der Waals surface area contributed by atoms with Crippen molar-refractivity contribution in [2.75, 3.05) is 6.54 Å². The molecule has 0 radical (unpaired) electrons. The number of hydrogen-bond donors (Lipinski definition) is 0. The van der Waals surface area contributed by atoms with Crippen LogP contribution in [-0.4, -0.2) is 11.4 Å². The highest BCUT2D eigenvalue weighted by Crippen LogP contribution is 2.30. The van der Waals surface area contributed by atoms with Crippen LogP contribution in [0.15, 0.2) is 54.6 Å². The summed E-state index contributed by atoms with van der Waals surface area (Å²) in [4.78, 5) is 2.26. The van der Waals surface area contributed by atoms with Crippen molar-refractivity contribution < 1.29 is 0 Å². The molecule has 0 spiro atoms. The summed E-state index contributed by atoms with van der Waals surface area (Å²) in [7, 11) is 0. The predicted octanol–water partition coefficient (Wildman–Crippen LogP) is 3.31. The second-order valence-electron chi connectivity index (χ2n) is 4.94. The van der Waals surface area contributed by atoms with Gasteiger partial charge in [0.05, 0.1) is 6.07 Å². The van der Waals surface area contributed by atoms with Gasteiger partial charge in [-0.3, -0.25) is 4.90 Å². The van der Waals surface area contributed by atoms with E-state index in [0.29, 0.717) is 0 Å². The lowest BCUT2D eigenvalue weighted by molar-refractivity contribution is 0.215. The van der Waals surface area contributed by atoms with E-state index in [9.17, 15) is 5.26 Å². The fraction of sp³-hybridized carbons (Fsp3) is 0.235. The van der Waals surface area contributed by atoms with Crippen molar-refractivity contribution in [3.8, 4) is 6.07 Å². The fourth-order valence-corrected chi connectivity index (χ4v) is 2.76. The SMILES string of the molecule is N#CC1c2ccccc2CCN1Cc1ccccc1. The van der Waals surface area contributed by atoms with E-state index >= 15 is 0 Å². The van der Waals surface area contributed by atoms with Gasteiger partial charge in [0.1, 0.15) is 6.04 Å². The number of fused-ring (bicyclic) bond motifs is 1. The van der Waals surface area contributed by atoms with Crippen molar-refractivity contribution in [1.29, 1.82) is 5.26 Å².